The summed E-state index contributed by atoms with van der Waals surface area (Å²) in [5.41, 5.74) is 0.409. The van der Waals surface area contributed by atoms with Crippen molar-refractivity contribution in [3.05, 3.63) is 0 Å². The molecule has 1 heteroatoms. The van der Waals surface area contributed by atoms with Crippen molar-refractivity contribution in [3.8, 4) is 0 Å². The van der Waals surface area contributed by atoms with Gasteiger partial charge in [-0.15, -0.1) is 0 Å². The van der Waals surface area contributed by atoms with Gasteiger partial charge in [-0.3, -0.25) is 0 Å². The van der Waals surface area contributed by atoms with Crippen LogP contribution in [-0.4, -0.2) is 30.7 Å². The van der Waals surface area contributed by atoms with Crippen LogP contribution in [0.15, 0.2) is 0 Å². The van der Waals surface area contributed by atoms with Crippen molar-refractivity contribution in [3.63, 3.8) is 0 Å². The molecule has 0 aliphatic carbocycles. The van der Waals surface area contributed by atoms with Gasteiger partial charge in [0.15, 0.2) is 0 Å². The SMILES string of the molecule is CCCCCCCCCCCCCCCCCC[N+](C)(C)C(C)(C)CCCCCCCCCCCCCCCCC. The fourth-order valence-electron chi connectivity index (χ4n) is 6.59. The van der Waals surface area contributed by atoms with Crippen LogP contribution in [0.25, 0.3) is 0 Å². The van der Waals surface area contributed by atoms with Crippen molar-refractivity contribution in [2.45, 2.75) is 239 Å². The minimum Gasteiger partial charge on any atom is -0.324 e. The van der Waals surface area contributed by atoms with E-state index in [-0.39, 0.29) is 0 Å². The van der Waals surface area contributed by atoms with E-state index in [4.69, 9.17) is 0 Å². The van der Waals surface area contributed by atoms with Crippen molar-refractivity contribution in [1.82, 2.24) is 0 Å². The van der Waals surface area contributed by atoms with Gasteiger partial charge < -0.3 is 4.48 Å². The smallest absolute Gasteiger partial charge is 0.0931 e. The maximum absolute atomic E-state index is 2.53. The van der Waals surface area contributed by atoms with Crippen molar-refractivity contribution < 1.29 is 4.48 Å². The predicted octanol–water partition coefficient (Wildman–Crippen LogP) is 14.4. The molecule has 0 spiro atoms. The third kappa shape index (κ3) is 27.3. The van der Waals surface area contributed by atoms with E-state index >= 15 is 0 Å². The topological polar surface area (TPSA) is 0 Å². The standard InChI is InChI=1S/C40H84N/c1-7-9-11-13-15-17-19-21-23-25-27-29-31-33-35-37-39-41(5,6)40(3,4)38-36-34-32-30-28-26-24-22-20-18-16-14-12-10-8-2/h7-39H2,1-6H3/q+1. The molecule has 0 aromatic heterocycles. The average molecular weight is 579 g/mol. The molecular weight excluding hydrogens is 494 g/mol. The molecule has 0 atom stereocenters. The van der Waals surface area contributed by atoms with Gasteiger partial charge in [0.25, 0.3) is 0 Å². The van der Waals surface area contributed by atoms with E-state index in [9.17, 15) is 0 Å². The first-order chi connectivity index (χ1) is 19.9. The Kier molecular flexibility index (Phi) is 30.0. The Bertz CT molecular complexity index is 493. The molecule has 0 aliphatic heterocycles. The minimum absolute atomic E-state index is 0.409. The monoisotopic (exact) mass is 579 g/mol. The predicted molar refractivity (Wildman–Crippen MR) is 190 cm³/mol. The van der Waals surface area contributed by atoms with Crippen LogP contribution in [0.2, 0.25) is 0 Å². The summed E-state index contributed by atoms with van der Waals surface area (Å²) in [4.78, 5) is 0. The number of nitrogens with zero attached hydrogens (tertiary/aromatic N) is 1. The van der Waals surface area contributed by atoms with Crippen molar-refractivity contribution in [2.75, 3.05) is 20.6 Å². The van der Waals surface area contributed by atoms with Gasteiger partial charge >= 0.3 is 0 Å². The fourth-order valence-corrected chi connectivity index (χ4v) is 6.59. The Hall–Kier alpha value is -0.0400. The summed E-state index contributed by atoms with van der Waals surface area (Å²) < 4.78 is 1.20. The van der Waals surface area contributed by atoms with Gasteiger partial charge in [-0.1, -0.05) is 194 Å². The van der Waals surface area contributed by atoms with Crippen LogP contribution in [0, 0.1) is 0 Å². The molecule has 0 saturated carbocycles. The number of hydrogen-bond acceptors (Lipinski definition) is 0. The van der Waals surface area contributed by atoms with E-state index in [1.807, 2.05) is 0 Å². The highest BCUT2D eigenvalue weighted by Gasteiger charge is 2.35. The molecule has 248 valence electrons. The molecule has 0 unspecified atom stereocenters. The van der Waals surface area contributed by atoms with Crippen LogP contribution < -0.4 is 0 Å². The molecular formula is C40H84N+. The van der Waals surface area contributed by atoms with Crippen molar-refractivity contribution in [2.24, 2.45) is 0 Å². The summed E-state index contributed by atoms with van der Waals surface area (Å²) in [6, 6.07) is 0. The highest BCUT2D eigenvalue weighted by atomic mass is 15.4. The molecule has 0 N–H and O–H groups in total. The second kappa shape index (κ2) is 30.0. The molecule has 0 radical (unpaired) electrons. The Morgan fingerprint density at radius 3 is 0.805 bits per heavy atom. The van der Waals surface area contributed by atoms with Gasteiger partial charge in [-0.25, -0.2) is 0 Å². The van der Waals surface area contributed by atoms with Crippen LogP contribution in [0.5, 0.6) is 0 Å². The molecule has 0 amide bonds. The highest BCUT2D eigenvalue weighted by molar-refractivity contribution is 4.70. The van der Waals surface area contributed by atoms with E-state index in [1.54, 1.807) is 0 Å². The molecule has 0 heterocycles. The molecule has 0 aromatic carbocycles. The molecule has 0 saturated heterocycles. The van der Waals surface area contributed by atoms with Crippen LogP contribution in [-0.2, 0) is 0 Å². The molecule has 1 nitrogen and oxygen atoms in total. The second-order valence-electron chi connectivity index (χ2n) is 15.2. The van der Waals surface area contributed by atoms with E-state index in [2.05, 4.69) is 41.8 Å². The lowest BCUT2D eigenvalue weighted by atomic mass is 9.91. The summed E-state index contributed by atoms with van der Waals surface area (Å²) >= 11 is 0. The first-order valence-corrected chi connectivity index (χ1v) is 19.7. The first-order valence-electron chi connectivity index (χ1n) is 19.7. The summed E-state index contributed by atoms with van der Waals surface area (Å²) in [6.45, 7) is 11.0. The Morgan fingerprint density at radius 2 is 0.537 bits per heavy atom. The minimum atomic E-state index is 0.409. The van der Waals surface area contributed by atoms with Crippen LogP contribution in [0.3, 0.4) is 0 Å². The highest BCUT2D eigenvalue weighted by Crippen LogP contribution is 2.28. The molecule has 0 fully saturated rings. The molecule has 0 aliphatic rings. The van der Waals surface area contributed by atoms with Crippen LogP contribution >= 0.6 is 0 Å². The summed E-state index contributed by atoms with van der Waals surface area (Å²) in [6.07, 6.45) is 46.6. The van der Waals surface area contributed by atoms with E-state index in [0.717, 1.165) is 0 Å². The summed E-state index contributed by atoms with van der Waals surface area (Å²) in [5.74, 6) is 0. The molecule has 41 heavy (non-hydrogen) atoms. The summed E-state index contributed by atoms with van der Waals surface area (Å²) in [5, 5.41) is 0. The zero-order chi connectivity index (χ0) is 30.3. The fraction of sp³-hybridized carbons (Fsp3) is 1.00. The summed E-state index contributed by atoms with van der Waals surface area (Å²) in [7, 11) is 4.99. The number of hydrogen-bond donors (Lipinski definition) is 0. The second-order valence-corrected chi connectivity index (χ2v) is 15.2. The van der Waals surface area contributed by atoms with Crippen molar-refractivity contribution in [1.29, 1.82) is 0 Å². The Labute approximate surface area is 263 Å². The molecule has 0 bridgehead atoms. The maximum atomic E-state index is 2.53. The largest absolute Gasteiger partial charge is 0.324 e. The van der Waals surface area contributed by atoms with Crippen molar-refractivity contribution >= 4 is 0 Å². The third-order valence-electron chi connectivity index (χ3n) is 10.6. The number of quaternary nitrogens is 1. The zero-order valence-corrected chi connectivity index (χ0v) is 30.3. The van der Waals surface area contributed by atoms with Gasteiger partial charge in [0.05, 0.1) is 26.2 Å². The molecule has 0 aromatic rings. The average Bonchev–Trinajstić information content (AvgIpc) is 2.94. The normalized spacial score (nSPS) is 12.4. The third-order valence-corrected chi connectivity index (χ3v) is 10.6. The van der Waals surface area contributed by atoms with Crippen LogP contribution in [0.1, 0.15) is 233 Å². The van der Waals surface area contributed by atoms with E-state index in [1.165, 1.54) is 216 Å². The van der Waals surface area contributed by atoms with Gasteiger partial charge in [0, 0.05) is 6.42 Å². The quantitative estimate of drug-likeness (QED) is 0.0526. The molecule has 0 rings (SSSR count). The van der Waals surface area contributed by atoms with Gasteiger partial charge in [-0.2, -0.15) is 0 Å². The van der Waals surface area contributed by atoms with E-state index < -0.39 is 0 Å². The van der Waals surface area contributed by atoms with Gasteiger partial charge in [0.2, 0.25) is 0 Å². The zero-order valence-electron chi connectivity index (χ0n) is 30.3. The number of rotatable bonds is 34. The van der Waals surface area contributed by atoms with Gasteiger partial charge in [0.1, 0.15) is 0 Å². The number of unbranched alkanes of at least 4 members (excludes halogenated alkanes) is 29. The Balaban J connectivity index is 3.53. The maximum Gasteiger partial charge on any atom is 0.0931 e. The van der Waals surface area contributed by atoms with E-state index in [0.29, 0.717) is 5.54 Å². The van der Waals surface area contributed by atoms with Crippen LogP contribution in [0.4, 0.5) is 0 Å². The Morgan fingerprint density at radius 1 is 0.317 bits per heavy atom. The first kappa shape index (κ1) is 41.0. The lowest BCUT2D eigenvalue weighted by Crippen LogP contribution is -2.56. The van der Waals surface area contributed by atoms with Gasteiger partial charge in [-0.05, 0) is 33.1 Å². The lowest BCUT2D eigenvalue weighted by Gasteiger charge is -2.45. The lowest BCUT2D eigenvalue weighted by molar-refractivity contribution is -0.938.